The van der Waals surface area contributed by atoms with Crippen molar-refractivity contribution in [3.8, 4) is 0 Å². The van der Waals surface area contributed by atoms with Gasteiger partial charge in [-0.3, -0.25) is 0 Å². The highest BCUT2D eigenvalue weighted by Crippen LogP contribution is 2.51. The van der Waals surface area contributed by atoms with Gasteiger partial charge in [-0.05, 0) is 48.6 Å². The summed E-state index contributed by atoms with van der Waals surface area (Å²) in [5, 5.41) is 15.3. The fraction of sp³-hybridized carbons (Fsp3) is 0.609. The molecule has 0 amide bonds. The van der Waals surface area contributed by atoms with E-state index in [1.807, 2.05) is 35.0 Å². The highest BCUT2D eigenvalue weighted by Gasteiger charge is 2.57. The second kappa shape index (κ2) is 9.57. The predicted octanol–water partition coefficient (Wildman–Crippen LogP) is 1.64. The van der Waals surface area contributed by atoms with Crippen LogP contribution in [0.5, 0.6) is 0 Å². The van der Waals surface area contributed by atoms with Crippen molar-refractivity contribution in [2.24, 2.45) is 11.8 Å². The number of hydrogen-bond donors (Lipinski definition) is 1. The summed E-state index contributed by atoms with van der Waals surface area (Å²) in [6.07, 6.45) is 5.63. The minimum atomic E-state index is -1.70. The molecule has 2 bridgehead atoms. The van der Waals surface area contributed by atoms with Crippen molar-refractivity contribution in [1.82, 2.24) is 0 Å². The average Bonchev–Trinajstić information content (AvgIpc) is 3.49. The van der Waals surface area contributed by atoms with Crippen LogP contribution in [0.4, 0.5) is 0 Å². The Balaban J connectivity index is 0.00000256. The van der Waals surface area contributed by atoms with E-state index in [0.29, 0.717) is 27.6 Å². The summed E-state index contributed by atoms with van der Waals surface area (Å²) in [7, 11) is 4.67. The van der Waals surface area contributed by atoms with Crippen molar-refractivity contribution in [1.29, 1.82) is 0 Å². The zero-order valence-corrected chi connectivity index (χ0v) is 21.7. The second-order valence-corrected chi connectivity index (χ2v) is 11.1. The predicted molar refractivity (Wildman–Crippen MR) is 118 cm³/mol. The van der Waals surface area contributed by atoms with Crippen LogP contribution < -0.4 is 24.0 Å². The molecule has 7 heteroatoms. The largest absolute Gasteiger partial charge is 1.00 e. The number of nitrogens with zero attached hydrogens (tertiary/aromatic N) is 1. The van der Waals surface area contributed by atoms with E-state index in [9.17, 15) is 9.90 Å². The monoisotopic (exact) mass is 561 g/mol. The average molecular weight is 562 g/mol. The van der Waals surface area contributed by atoms with E-state index in [1.54, 1.807) is 0 Å². The summed E-state index contributed by atoms with van der Waals surface area (Å²) in [5.41, 5.74) is -1.70. The molecule has 2 aliphatic carbocycles. The maximum absolute atomic E-state index is 13.4. The lowest BCUT2D eigenvalue weighted by molar-refractivity contribution is -0.919. The highest BCUT2D eigenvalue weighted by molar-refractivity contribution is 7.12. The van der Waals surface area contributed by atoms with E-state index < -0.39 is 11.6 Å². The van der Waals surface area contributed by atoms with Crippen molar-refractivity contribution in [3.63, 3.8) is 0 Å². The second-order valence-electron chi connectivity index (χ2n) is 9.19. The Kier molecular flexibility index (Phi) is 7.71. The van der Waals surface area contributed by atoms with Crippen molar-refractivity contribution >= 4 is 28.6 Å². The van der Waals surface area contributed by atoms with Gasteiger partial charge in [-0.2, -0.15) is 0 Å². The molecule has 4 rings (SSSR count). The molecule has 0 aromatic carbocycles. The lowest BCUT2D eigenvalue weighted by atomic mass is 9.96. The van der Waals surface area contributed by atoms with Gasteiger partial charge < -0.3 is 38.3 Å². The summed E-state index contributed by atoms with van der Waals surface area (Å²) >= 11 is 2.79. The molecule has 4 unspecified atom stereocenters. The molecule has 2 aliphatic rings. The van der Waals surface area contributed by atoms with E-state index in [-0.39, 0.29) is 30.1 Å². The molecule has 2 aromatic rings. The van der Waals surface area contributed by atoms with Crippen LogP contribution in [0.25, 0.3) is 0 Å². The molecule has 0 saturated heterocycles. The van der Waals surface area contributed by atoms with E-state index >= 15 is 0 Å². The third-order valence-electron chi connectivity index (χ3n) is 7.01. The fourth-order valence-electron chi connectivity index (χ4n) is 5.69. The number of ether oxygens (including phenoxy) is 1. The first-order valence-corrected chi connectivity index (χ1v) is 12.5. The third-order valence-corrected chi connectivity index (χ3v) is 8.97. The summed E-state index contributed by atoms with van der Waals surface area (Å²) in [6.45, 7) is 3.41. The van der Waals surface area contributed by atoms with E-state index in [0.717, 1.165) is 17.3 Å². The van der Waals surface area contributed by atoms with E-state index in [4.69, 9.17) is 4.74 Å². The Morgan fingerprint density at radius 1 is 1.20 bits per heavy atom. The minimum Gasteiger partial charge on any atom is -1.00 e. The third kappa shape index (κ3) is 4.25. The van der Waals surface area contributed by atoms with E-state index in [1.165, 1.54) is 48.5 Å². The van der Waals surface area contributed by atoms with Crippen LogP contribution in [-0.2, 0) is 15.1 Å². The first-order valence-electron chi connectivity index (χ1n) is 10.7. The molecule has 0 radical (unpaired) electrons. The topological polar surface area (TPSA) is 46.5 Å². The zero-order chi connectivity index (χ0) is 20.6. The van der Waals surface area contributed by atoms with Crippen LogP contribution in [0.3, 0.4) is 0 Å². The number of carbonyl (C=O) groups excluding carboxylic acids is 1. The number of halogens is 1. The molecule has 4 atom stereocenters. The molecule has 2 fully saturated rings. The highest BCUT2D eigenvalue weighted by atomic mass is 127. The maximum atomic E-state index is 13.4. The lowest BCUT2D eigenvalue weighted by Gasteiger charge is -2.39. The molecule has 30 heavy (non-hydrogen) atoms. The van der Waals surface area contributed by atoms with Crippen molar-refractivity contribution in [3.05, 3.63) is 44.8 Å². The van der Waals surface area contributed by atoms with Gasteiger partial charge in [-0.15, -0.1) is 22.7 Å². The molecule has 1 N–H and O–H groups in total. The molecule has 4 nitrogen and oxygen atoms in total. The van der Waals surface area contributed by atoms with Gasteiger partial charge in [0.05, 0.1) is 36.4 Å². The molecule has 2 heterocycles. The standard InChI is InChI=1S/C23H32NO3S2.HI/c1-4-5-12-24(2,3)21-16-10-11-17(21)18(15-16)27-22(25)23(26,19-8-6-13-28-19)20-9-7-14-29-20;/h6-9,13-14,16-18,21,26H,4-5,10-12,15H2,1-3H3;1H/q+1;/p-1. The molecular weight excluding hydrogens is 529 g/mol. The molecule has 0 aliphatic heterocycles. The number of thiophene rings is 2. The minimum absolute atomic E-state index is 0. The number of fused-ring (bicyclic) bond motifs is 2. The number of carbonyl (C=O) groups is 1. The number of hydrogen-bond acceptors (Lipinski definition) is 5. The Morgan fingerprint density at radius 3 is 2.37 bits per heavy atom. The number of rotatable bonds is 8. The Bertz CT molecular complexity index is 787. The summed E-state index contributed by atoms with van der Waals surface area (Å²) in [4.78, 5) is 14.6. The van der Waals surface area contributed by atoms with Crippen LogP contribution in [0.15, 0.2) is 35.0 Å². The SMILES string of the molecule is CCCC[N+](C)(C)C1C2CCC1C(OC(=O)C(O)(c1cccs1)c1cccs1)C2.[I-]. The number of aliphatic hydroxyl groups is 1. The van der Waals surface area contributed by atoms with Gasteiger partial charge in [0.2, 0.25) is 5.60 Å². The fourth-order valence-corrected chi connectivity index (χ4v) is 7.40. The van der Waals surface area contributed by atoms with Crippen molar-refractivity contribution < 1.29 is 43.1 Å². The van der Waals surface area contributed by atoms with Crippen molar-refractivity contribution in [2.75, 3.05) is 20.6 Å². The van der Waals surface area contributed by atoms with Gasteiger partial charge in [-0.1, -0.05) is 25.5 Å². The Labute approximate surface area is 204 Å². The molecular formula is C23H32INO3S2. The zero-order valence-electron chi connectivity index (χ0n) is 17.9. The number of unbranched alkanes of at least 4 members (excludes halogenated alkanes) is 1. The molecule has 2 saturated carbocycles. The molecule has 0 spiro atoms. The van der Waals surface area contributed by atoms with Crippen molar-refractivity contribution in [2.45, 2.75) is 56.8 Å². The number of quaternary nitrogens is 1. The van der Waals surface area contributed by atoms with Crippen LogP contribution in [0.1, 0.15) is 48.8 Å². The van der Waals surface area contributed by atoms with Crippen LogP contribution >= 0.6 is 22.7 Å². The van der Waals surface area contributed by atoms with Crippen LogP contribution in [-0.4, -0.2) is 48.3 Å². The normalized spacial score (nSPS) is 25.9. The van der Waals surface area contributed by atoms with Crippen LogP contribution in [0, 0.1) is 11.8 Å². The first kappa shape index (κ1) is 24.2. The smallest absolute Gasteiger partial charge is 0.349 e. The first-order chi connectivity index (χ1) is 13.9. The Hall–Kier alpha value is -0.480. The van der Waals surface area contributed by atoms with Gasteiger partial charge >= 0.3 is 5.97 Å². The van der Waals surface area contributed by atoms with E-state index in [2.05, 4.69) is 21.0 Å². The van der Waals surface area contributed by atoms with Gasteiger partial charge in [0.15, 0.2) is 0 Å². The van der Waals surface area contributed by atoms with Gasteiger partial charge in [0.25, 0.3) is 0 Å². The Morgan fingerprint density at radius 2 is 1.83 bits per heavy atom. The molecule has 2 aromatic heterocycles. The summed E-state index contributed by atoms with van der Waals surface area (Å²) in [5.74, 6) is 0.491. The summed E-state index contributed by atoms with van der Waals surface area (Å²) in [6, 6.07) is 7.93. The quantitative estimate of drug-likeness (QED) is 0.303. The van der Waals surface area contributed by atoms with Gasteiger partial charge in [0.1, 0.15) is 6.10 Å². The summed E-state index contributed by atoms with van der Waals surface area (Å²) < 4.78 is 7.11. The van der Waals surface area contributed by atoms with Crippen LogP contribution in [0.2, 0.25) is 0 Å². The van der Waals surface area contributed by atoms with Gasteiger partial charge in [0, 0.05) is 11.8 Å². The maximum Gasteiger partial charge on any atom is 0.349 e. The van der Waals surface area contributed by atoms with Gasteiger partial charge in [-0.25, -0.2) is 4.79 Å². The molecule has 166 valence electrons. The lowest BCUT2D eigenvalue weighted by Crippen LogP contribution is -3.00. The number of esters is 1.